The monoisotopic (exact) mass is 249 g/mol. The molecule has 1 N–H and O–H groups in total. The minimum absolute atomic E-state index is 0.324. The minimum Gasteiger partial charge on any atom is -0.395 e. The Morgan fingerprint density at radius 3 is 2.19 bits per heavy atom. The molecule has 0 bridgehead atoms. The van der Waals surface area contributed by atoms with E-state index in [0.29, 0.717) is 13.1 Å². The van der Waals surface area contributed by atoms with E-state index in [1.165, 1.54) is 0 Å². The van der Waals surface area contributed by atoms with Crippen LogP contribution in [0.15, 0.2) is 0 Å². The third-order valence-electron chi connectivity index (χ3n) is 2.70. The van der Waals surface area contributed by atoms with Crippen LogP contribution >= 0.6 is 0 Å². The first kappa shape index (κ1) is 13.4. The fourth-order valence-corrected chi connectivity index (χ4v) is 2.79. The molecule has 0 aromatic carbocycles. The maximum Gasteiger partial charge on any atom is 0.237 e. The van der Waals surface area contributed by atoms with Crippen molar-refractivity contribution < 1.29 is 18.3 Å². The summed E-state index contributed by atoms with van der Waals surface area (Å²) in [6.45, 7) is 0.899. The van der Waals surface area contributed by atoms with Crippen molar-refractivity contribution in [2.24, 2.45) is 0 Å². The lowest BCUT2D eigenvalue weighted by atomic mass is 10.2. The molecule has 0 unspecified atom stereocenters. The zero-order valence-corrected chi connectivity index (χ0v) is 10.2. The first-order chi connectivity index (χ1) is 7.55. The molecule has 0 aliphatic carbocycles. The van der Waals surface area contributed by atoms with E-state index in [4.69, 9.17) is 5.11 Å². The topological polar surface area (TPSA) is 74.7 Å². The van der Waals surface area contributed by atoms with Crippen LogP contribution in [0.4, 0.5) is 0 Å². The lowest BCUT2D eigenvalue weighted by Crippen LogP contribution is -2.37. The standard InChI is InChI=1S/C10H19NO4S/c12-7-8-16(14,15)9-10(13)11-5-3-1-2-4-6-11/h12H,1-9H2. The Hall–Kier alpha value is -0.620. The third kappa shape index (κ3) is 4.49. The van der Waals surface area contributed by atoms with Crippen LogP contribution in [-0.2, 0) is 14.6 Å². The number of nitrogens with zero attached hydrogens (tertiary/aromatic N) is 1. The van der Waals surface area contributed by atoms with Crippen LogP contribution in [0.2, 0.25) is 0 Å². The number of aliphatic hydroxyl groups excluding tert-OH is 1. The molecule has 0 aromatic heterocycles. The normalized spacial score (nSPS) is 18.2. The van der Waals surface area contributed by atoms with Crippen molar-refractivity contribution >= 4 is 15.7 Å². The second-order valence-corrected chi connectivity index (χ2v) is 6.29. The van der Waals surface area contributed by atoms with E-state index in [2.05, 4.69) is 0 Å². The second-order valence-electron chi connectivity index (χ2n) is 4.11. The van der Waals surface area contributed by atoms with Gasteiger partial charge in [-0.3, -0.25) is 4.79 Å². The van der Waals surface area contributed by atoms with Crippen molar-refractivity contribution in [3.8, 4) is 0 Å². The number of carbonyl (C=O) groups is 1. The number of hydrogen-bond donors (Lipinski definition) is 1. The largest absolute Gasteiger partial charge is 0.395 e. The molecule has 1 saturated heterocycles. The number of aliphatic hydroxyl groups is 1. The van der Waals surface area contributed by atoms with Gasteiger partial charge in [0.15, 0.2) is 9.84 Å². The zero-order chi connectivity index (χ0) is 12.0. The van der Waals surface area contributed by atoms with Gasteiger partial charge in [0.2, 0.25) is 5.91 Å². The maximum atomic E-state index is 11.7. The SMILES string of the molecule is O=C(CS(=O)(=O)CCO)N1CCCCCC1. The van der Waals surface area contributed by atoms with Gasteiger partial charge in [0.25, 0.3) is 0 Å². The summed E-state index contributed by atoms with van der Waals surface area (Å²) >= 11 is 0. The number of rotatable bonds is 4. The Balaban J connectivity index is 2.50. The molecule has 0 spiro atoms. The molecule has 1 aliphatic rings. The lowest BCUT2D eigenvalue weighted by molar-refractivity contribution is -0.128. The highest BCUT2D eigenvalue weighted by molar-refractivity contribution is 7.92. The highest BCUT2D eigenvalue weighted by Crippen LogP contribution is 2.10. The van der Waals surface area contributed by atoms with Crippen LogP contribution in [0.25, 0.3) is 0 Å². The summed E-state index contributed by atoms with van der Waals surface area (Å²) in [6, 6.07) is 0. The van der Waals surface area contributed by atoms with Gasteiger partial charge in [-0.25, -0.2) is 8.42 Å². The fraction of sp³-hybridized carbons (Fsp3) is 0.900. The molecule has 1 aliphatic heterocycles. The molecule has 1 rings (SSSR count). The molecule has 1 fully saturated rings. The summed E-state index contributed by atoms with van der Waals surface area (Å²) in [6.07, 6.45) is 4.11. The second kappa shape index (κ2) is 6.20. The van der Waals surface area contributed by atoms with E-state index >= 15 is 0 Å². The molecule has 0 saturated carbocycles. The number of likely N-dealkylation sites (tertiary alicyclic amines) is 1. The minimum atomic E-state index is -3.43. The maximum absolute atomic E-state index is 11.7. The Morgan fingerprint density at radius 1 is 1.12 bits per heavy atom. The van der Waals surface area contributed by atoms with Gasteiger partial charge in [0, 0.05) is 13.1 Å². The molecule has 5 nitrogen and oxygen atoms in total. The van der Waals surface area contributed by atoms with Crippen molar-refractivity contribution in [2.75, 3.05) is 31.2 Å². The Morgan fingerprint density at radius 2 is 1.69 bits per heavy atom. The van der Waals surface area contributed by atoms with Crippen molar-refractivity contribution in [1.29, 1.82) is 0 Å². The summed E-state index contributed by atoms with van der Waals surface area (Å²) in [5, 5.41) is 8.57. The van der Waals surface area contributed by atoms with Crippen molar-refractivity contribution in [1.82, 2.24) is 4.90 Å². The van der Waals surface area contributed by atoms with Gasteiger partial charge in [0.1, 0.15) is 5.75 Å². The average Bonchev–Trinajstić information content (AvgIpc) is 2.44. The van der Waals surface area contributed by atoms with Gasteiger partial charge >= 0.3 is 0 Å². The van der Waals surface area contributed by atoms with Crippen molar-refractivity contribution in [3.05, 3.63) is 0 Å². The Kier molecular flexibility index (Phi) is 5.21. The van der Waals surface area contributed by atoms with Crippen molar-refractivity contribution in [2.45, 2.75) is 25.7 Å². The number of carbonyl (C=O) groups excluding carboxylic acids is 1. The number of amides is 1. The van der Waals surface area contributed by atoms with Crippen LogP contribution in [-0.4, -0.2) is 55.5 Å². The van der Waals surface area contributed by atoms with Crippen LogP contribution < -0.4 is 0 Å². The molecule has 1 heterocycles. The van der Waals surface area contributed by atoms with Crippen LogP contribution in [0.3, 0.4) is 0 Å². The van der Waals surface area contributed by atoms with E-state index in [-0.39, 0.29) is 11.7 Å². The first-order valence-corrected chi connectivity index (χ1v) is 7.46. The van der Waals surface area contributed by atoms with Gasteiger partial charge in [-0.2, -0.15) is 0 Å². The van der Waals surface area contributed by atoms with E-state index in [1.807, 2.05) is 0 Å². The summed E-state index contributed by atoms with van der Waals surface area (Å²) in [5.41, 5.74) is 0. The fourth-order valence-electron chi connectivity index (χ4n) is 1.81. The molecule has 16 heavy (non-hydrogen) atoms. The molecule has 94 valence electrons. The van der Waals surface area contributed by atoms with Gasteiger partial charge in [0.05, 0.1) is 12.4 Å². The van der Waals surface area contributed by atoms with E-state index in [1.54, 1.807) is 4.90 Å². The molecule has 6 heteroatoms. The summed E-state index contributed by atoms with van der Waals surface area (Å²) in [5.74, 6) is -1.12. The first-order valence-electron chi connectivity index (χ1n) is 5.64. The molecule has 0 aromatic rings. The predicted molar refractivity (Wildman–Crippen MR) is 60.8 cm³/mol. The van der Waals surface area contributed by atoms with Crippen LogP contribution in [0, 0.1) is 0 Å². The van der Waals surface area contributed by atoms with Crippen molar-refractivity contribution in [3.63, 3.8) is 0 Å². The highest BCUT2D eigenvalue weighted by Gasteiger charge is 2.21. The molecule has 0 atom stereocenters. The number of sulfone groups is 1. The molecule has 1 amide bonds. The quantitative estimate of drug-likeness (QED) is 0.748. The Labute approximate surface area is 96.4 Å². The highest BCUT2D eigenvalue weighted by atomic mass is 32.2. The number of hydrogen-bond acceptors (Lipinski definition) is 4. The van der Waals surface area contributed by atoms with Gasteiger partial charge in [-0.15, -0.1) is 0 Å². The van der Waals surface area contributed by atoms with E-state index in [0.717, 1.165) is 25.7 Å². The Bertz CT molecular complexity index is 318. The van der Waals surface area contributed by atoms with Crippen LogP contribution in [0.1, 0.15) is 25.7 Å². The third-order valence-corrected chi connectivity index (χ3v) is 4.20. The molecular formula is C10H19NO4S. The van der Waals surface area contributed by atoms with E-state index < -0.39 is 22.2 Å². The van der Waals surface area contributed by atoms with Gasteiger partial charge in [-0.05, 0) is 12.8 Å². The summed E-state index contributed by atoms with van der Waals surface area (Å²) < 4.78 is 22.7. The molecule has 0 radical (unpaired) electrons. The zero-order valence-electron chi connectivity index (χ0n) is 9.39. The summed E-state index contributed by atoms with van der Waals surface area (Å²) in [4.78, 5) is 13.3. The van der Waals surface area contributed by atoms with Gasteiger partial charge in [-0.1, -0.05) is 12.8 Å². The smallest absolute Gasteiger partial charge is 0.237 e. The van der Waals surface area contributed by atoms with Gasteiger partial charge < -0.3 is 10.0 Å². The lowest BCUT2D eigenvalue weighted by Gasteiger charge is -2.19. The van der Waals surface area contributed by atoms with E-state index in [9.17, 15) is 13.2 Å². The molecular weight excluding hydrogens is 230 g/mol. The van der Waals surface area contributed by atoms with Crippen LogP contribution in [0.5, 0.6) is 0 Å². The predicted octanol–water partition coefficient (Wildman–Crippen LogP) is -0.204. The summed E-state index contributed by atoms with van der Waals surface area (Å²) in [7, 11) is -3.43. The average molecular weight is 249 g/mol.